The monoisotopic (exact) mass is 227 g/mol. The van der Waals surface area contributed by atoms with Gasteiger partial charge < -0.3 is 9.15 Å². The number of carbonyl (C=O) groups excluding carboxylic acids is 1. The van der Waals surface area contributed by atoms with Gasteiger partial charge in [0.1, 0.15) is 5.52 Å². The van der Waals surface area contributed by atoms with Crippen LogP contribution in [0.4, 0.5) is 8.78 Å². The van der Waals surface area contributed by atoms with E-state index in [0.29, 0.717) is 5.52 Å². The third kappa shape index (κ3) is 1.86. The van der Waals surface area contributed by atoms with Gasteiger partial charge in [-0.05, 0) is 19.1 Å². The predicted molar refractivity (Wildman–Crippen MR) is 50.6 cm³/mol. The molecule has 0 spiro atoms. The third-order valence-corrected chi connectivity index (χ3v) is 1.96. The van der Waals surface area contributed by atoms with Crippen LogP contribution in [0.25, 0.3) is 11.1 Å². The Hall–Kier alpha value is -1.98. The first kappa shape index (κ1) is 10.5. The van der Waals surface area contributed by atoms with E-state index in [4.69, 9.17) is 4.42 Å². The van der Waals surface area contributed by atoms with Gasteiger partial charge >= 0.3 is 12.7 Å². The number of oxazole rings is 1. The number of aromatic nitrogens is 1. The van der Waals surface area contributed by atoms with Crippen molar-refractivity contribution in [2.45, 2.75) is 13.5 Å². The van der Waals surface area contributed by atoms with Crippen LogP contribution in [-0.4, -0.2) is 17.4 Å². The molecule has 2 rings (SSSR count). The van der Waals surface area contributed by atoms with Crippen molar-refractivity contribution < 1.29 is 22.7 Å². The van der Waals surface area contributed by atoms with E-state index in [1.54, 1.807) is 12.1 Å². The molecule has 0 radical (unpaired) electrons. The first-order valence-corrected chi connectivity index (χ1v) is 4.43. The van der Waals surface area contributed by atoms with E-state index in [1.807, 2.05) is 0 Å². The highest BCUT2D eigenvalue weighted by Crippen LogP contribution is 2.25. The Morgan fingerprint density at radius 3 is 2.88 bits per heavy atom. The molecule has 0 unspecified atom stereocenters. The van der Waals surface area contributed by atoms with Gasteiger partial charge in [-0.15, -0.1) is 0 Å². The SMILES string of the molecule is CC(=O)c1cccc2nc(OC(F)F)oc12. The second-order valence-corrected chi connectivity index (χ2v) is 3.07. The highest BCUT2D eigenvalue weighted by molar-refractivity contribution is 6.04. The van der Waals surface area contributed by atoms with Crippen molar-refractivity contribution in [3.05, 3.63) is 23.8 Å². The minimum Gasteiger partial charge on any atom is -0.408 e. The van der Waals surface area contributed by atoms with Gasteiger partial charge in [-0.2, -0.15) is 13.8 Å². The number of hydrogen-bond acceptors (Lipinski definition) is 4. The number of halogens is 2. The summed E-state index contributed by atoms with van der Waals surface area (Å²) in [6.07, 6.45) is -0.543. The number of rotatable bonds is 3. The zero-order valence-corrected chi connectivity index (χ0v) is 8.24. The molecule has 0 fully saturated rings. The van der Waals surface area contributed by atoms with Crippen molar-refractivity contribution in [1.82, 2.24) is 4.98 Å². The standard InChI is InChI=1S/C10H7F2NO3/c1-5(14)6-3-2-4-7-8(6)15-10(13-7)16-9(11)12/h2-4,9H,1H3. The molecule has 0 atom stereocenters. The van der Waals surface area contributed by atoms with E-state index < -0.39 is 12.7 Å². The predicted octanol–water partition coefficient (Wildman–Crippen LogP) is 2.63. The van der Waals surface area contributed by atoms with Crippen LogP contribution in [0.2, 0.25) is 0 Å². The Morgan fingerprint density at radius 2 is 2.25 bits per heavy atom. The van der Waals surface area contributed by atoms with Gasteiger partial charge in [0.2, 0.25) is 0 Å². The summed E-state index contributed by atoms with van der Waals surface area (Å²) in [4.78, 5) is 14.9. The van der Waals surface area contributed by atoms with Gasteiger partial charge in [0.05, 0.1) is 5.56 Å². The minimum atomic E-state index is -3.01. The van der Waals surface area contributed by atoms with Crippen molar-refractivity contribution in [3.63, 3.8) is 0 Å². The van der Waals surface area contributed by atoms with Crippen molar-refractivity contribution >= 4 is 16.9 Å². The summed E-state index contributed by atoms with van der Waals surface area (Å²) in [5.41, 5.74) is 0.753. The van der Waals surface area contributed by atoms with Gasteiger partial charge in [-0.1, -0.05) is 6.07 Å². The second-order valence-electron chi connectivity index (χ2n) is 3.07. The average Bonchev–Trinajstić information content (AvgIpc) is 2.57. The van der Waals surface area contributed by atoms with E-state index in [-0.39, 0.29) is 16.9 Å². The van der Waals surface area contributed by atoms with Gasteiger partial charge in [-0.25, -0.2) is 0 Å². The normalized spacial score (nSPS) is 11.0. The van der Waals surface area contributed by atoms with Crippen LogP contribution in [0.3, 0.4) is 0 Å². The maximum atomic E-state index is 11.9. The fourth-order valence-corrected chi connectivity index (χ4v) is 1.33. The summed E-state index contributed by atoms with van der Waals surface area (Å²) in [5.74, 6) is -0.231. The van der Waals surface area contributed by atoms with E-state index in [9.17, 15) is 13.6 Å². The van der Waals surface area contributed by atoms with Crippen molar-refractivity contribution in [3.8, 4) is 6.08 Å². The average molecular weight is 227 g/mol. The number of fused-ring (bicyclic) bond motifs is 1. The smallest absolute Gasteiger partial charge is 0.399 e. The zero-order chi connectivity index (χ0) is 11.7. The number of alkyl halides is 2. The van der Waals surface area contributed by atoms with Crippen LogP contribution >= 0.6 is 0 Å². The Bertz CT molecular complexity index is 536. The van der Waals surface area contributed by atoms with Gasteiger partial charge in [0, 0.05) is 0 Å². The lowest BCUT2D eigenvalue weighted by Gasteiger charge is -1.96. The number of nitrogens with zero attached hydrogens (tertiary/aromatic N) is 1. The number of ketones is 1. The Balaban J connectivity index is 2.52. The molecule has 1 heterocycles. The highest BCUT2D eigenvalue weighted by atomic mass is 19.3. The molecule has 0 N–H and O–H groups in total. The van der Waals surface area contributed by atoms with Crippen LogP contribution in [-0.2, 0) is 0 Å². The maximum Gasteiger partial charge on any atom is 0.399 e. The van der Waals surface area contributed by atoms with E-state index in [2.05, 4.69) is 9.72 Å². The number of carbonyl (C=O) groups is 1. The molecule has 6 heteroatoms. The van der Waals surface area contributed by atoms with Crippen LogP contribution < -0.4 is 4.74 Å². The molecular formula is C10H7F2NO3. The molecule has 0 saturated carbocycles. The summed E-state index contributed by atoms with van der Waals surface area (Å²) < 4.78 is 32.8. The number of para-hydroxylation sites is 1. The van der Waals surface area contributed by atoms with E-state index in [0.717, 1.165) is 0 Å². The van der Waals surface area contributed by atoms with Crippen molar-refractivity contribution in [2.24, 2.45) is 0 Å². The quantitative estimate of drug-likeness (QED) is 0.756. The molecular weight excluding hydrogens is 220 g/mol. The first-order chi connectivity index (χ1) is 7.58. The first-order valence-electron chi connectivity index (χ1n) is 4.43. The van der Waals surface area contributed by atoms with Crippen LogP contribution in [0, 0.1) is 0 Å². The number of ether oxygens (including phenoxy) is 1. The summed E-state index contributed by atoms with van der Waals surface area (Å²) in [6.45, 7) is -1.65. The Labute approximate surface area is 88.8 Å². The Kier molecular flexibility index (Phi) is 2.55. The maximum absolute atomic E-state index is 11.9. The molecule has 1 aromatic carbocycles. The summed E-state index contributed by atoms with van der Waals surface area (Å²) in [5, 5.41) is 0. The minimum absolute atomic E-state index is 0.158. The molecule has 0 aliphatic rings. The van der Waals surface area contributed by atoms with Crippen molar-refractivity contribution in [2.75, 3.05) is 0 Å². The fraction of sp³-hybridized carbons (Fsp3) is 0.200. The Morgan fingerprint density at radius 1 is 1.50 bits per heavy atom. The molecule has 0 saturated heterocycles. The topological polar surface area (TPSA) is 52.3 Å². The fourth-order valence-electron chi connectivity index (χ4n) is 1.33. The summed E-state index contributed by atoms with van der Waals surface area (Å²) in [7, 11) is 0. The lowest BCUT2D eigenvalue weighted by atomic mass is 10.1. The van der Waals surface area contributed by atoms with E-state index in [1.165, 1.54) is 13.0 Å². The number of benzene rings is 1. The molecule has 1 aromatic heterocycles. The lowest BCUT2D eigenvalue weighted by Crippen LogP contribution is -2.01. The lowest BCUT2D eigenvalue weighted by molar-refractivity contribution is -0.0664. The van der Waals surface area contributed by atoms with Crippen LogP contribution in [0.1, 0.15) is 17.3 Å². The largest absolute Gasteiger partial charge is 0.408 e. The van der Waals surface area contributed by atoms with Crippen molar-refractivity contribution in [1.29, 1.82) is 0 Å². The molecule has 0 aliphatic carbocycles. The third-order valence-electron chi connectivity index (χ3n) is 1.96. The van der Waals surface area contributed by atoms with E-state index >= 15 is 0 Å². The summed E-state index contributed by atoms with van der Waals surface area (Å²) >= 11 is 0. The van der Waals surface area contributed by atoms with Gasteiger partial charge in [0.25, 0.3) is 0 Å². The second kappa shape index (κ2) is 3.88. The molecule has 4 nitrogen and oxygen atoms in total. The highest BCUT2D eigenvalue weighted by Gasteiger charge is 2.15. The zero-order valence-electron chi connectivity index (χ0n) is 8.24. The number of Topliss-reactive ketones (excluding diaryl/α,β-unsaturated/α-hetero) is 1. The summed E-state index contributed by atoms with van der Waals surface area (Å²) in [6, 6.07) is 4.67. The molecule has 84 valence electrons. The molecule has 2 aromatic rings. The molecule has 0 bridgehead atoms. The van der Waals surface area contributed by atoms with Crippen LogP contribution in [0.5, 0.6) is 6.08 Å². The molecule has 16 heavy (non-hydrogen) atoms. The number of hydrogen-bond donors (Lipinski definition) is 0. The molecule has 0 aliphatic heterocycles. The van der Waals surface area contributed by atoms with Gasteiger partial charge in [0.15, 0.2) is 11.4 Å². The molecule has 0 amide bonds. The van der Waals surface area contributed by atoms with Gasteiger partial charge in [-0.3, -0.25) is 4.79 Å². The van der Waals surface area contributed by atoms with Crippen LogP contribution in [0.15, 0.2) is 22.6 Å².